The zero-order valence-electron chi connectivity index (χ0n) is 15.4. The maximum atomic E-state index is 13.0. The van der Waals surface area contributed by atoms with Crippen molar-refractivity contribution in [1.29, 1.82) is 0 Å². The summed E-state index contributed by atoms with van der Waals surface area (Å²) in [4.78, 5) is 26.7. The van der Waals surface area contributed by atoms with Crippen molar-refractivity contribution in [3.05, 3.63) is 47.3 Å². The highest BCUT2D eigenvalue weighted by Gasteiger charge is 2.27. The van der Waals surface area contributed by atoms with E-state index >= 15 is 0 Å². The molecular weight excluding hydrogens is 366 g/mol. The summed E-state index contributed by atoms with van der Waals surface area (Å²) in [7, 11) is -3.59. The molecule has 1 aliphatic rings. The number of benzene rings is 1. The number of hydrogen-bond acceptors (Lipinski definition) is 4. The van der Waals surface area contributed by atoms with Gasteiger partial charge in [0.15, 0.2) is 5.78 Å². The topological polar surface area (TPSA) is 99.3 Å². The smallest absolute Gasteiger partial charge is 0.272 e. The summed E-state index contributed by atoms with van der Waals surface area (Å²) >= 11 is 0. The molecular formula is C19H23N3O4S. The number of anilines is 1. The Hall–Kier alpha value is -2.45. The molecule has 2 heterocycles. The number of aromatic nitrogens is 1. The normalized spacial score (nSPS) is 15.5. The number of amides is 1. The molecule has 8 heteroatoms. The van der Waals surface area contributed by atoms with E-state index in [-0.39, 0.29) is 16.4 Å². The minimum absolute atomic E-state index is 0.143. The standard InChI is InChI=1S/C19H23N3O4S/c1-13-6-7-16(21-19(24)17-10-15(12-20-17)14(2)23)11-18(13)27(25,26)22-8-4-3-5-9-22/h6-7,10-12,20H,3-5,8-9H2,1-2H3,(H,21,24). The second kappa shape index (κ2) is 7.66. The molecule has 1 amide bonds. The van der Waals surface area contributed by atoms with Gasteiger partial charge in [-0.15, -0.1) is 0 Å². The molecule has 0 unspecified atom stereocenters. The molecule has 0 bridgehead atoms. The molecule has 1 aromatic carbocycles. The molecule has 0 saturated carbocycles. The number of hydrogen-bond donors (Lipinski definition) is 2. The van der Waals surface area contributed by atoms with Gasteiger partial charge in [0.25, 0.3) is 5.91 Å². The van der Waals surface area contributed by atoms with Gasteiger partial charge < -0.3 is 10.3 Å². The van der Waals surface area contributed by atoms with Gasteiger partial charge >= 0.3 is 0 Å². The van der Waals surface area contributed by atoms with Gasteiger partial charge in [-0.05, 0) is 50.5 Å². The van der Waals surface area contributed by atoms with Gasteiger partial charge in [-0.3, -0.25) is 9.59 Å². The fourth-order valence-corrected chi connectivity index (χ4v) is 4.90. The van der Waals surface area contributed by atoms with Crippen LogP contribution in [0.25, 0.3) is 0 Å². The Morgan fingerprint density at radius 3 is 2.44 bits per heavy atom. The van der Waals surface area contributed by atoms with Crippen molar-refractivity contribution in [1.82, 2.24) is 9.29 Å². The van der Waals surface area contributed by atoms with Crippen LogP contribution in [0.2, 0.25) is 0 Å². The van der Waals surface area contributed by atoms with Crippen LogP contribution >= 0.6 is 0 Å². The Morgan fingerprint density at radius 2 is 1.81 bits per heavy atom. The van der Waals surface area contributed by atoms with Crippen LogP contribution in [-0.4, -0.2) is 42.5 Å². The predicted molar refractivity (Wildman–Crippen MR) is 103 cm³/mol. The highest BCUT2D eigenvalue weighted by molar-refractivity contribution is 7.89. The van der Waals surface area contributed by atoms with E-state index in [4.69, 9.17) is 0 Å². The Balaban J connectivity index is 1.84. The van der Waals surface area contributed by atoms with Gasteiger partial charge in [-0.1, -0.05) is 12.5 Å². The van der Waals surface area contributed by atoms with Crippen LogP contribution < -0.4 is 5.32 Å². The predicted octanol–water partition coefficient (Wildman–Crippen LogP) is 2.95. The number of aryl methyl sites for hydroxylation is 1. The summed E-state index contributed by atoms with van der Waals surface area (Å²) in [6, 6.07) is 6.31. The maximum Gasteiger partial charge on any atom is 0.272 e. The zero-order valence-corrected chi connectivity index (χ0v) is 16.2. The SMILES string of the molecule is CC(=O)c1c[nH]c(C(=O)Nc2ccc(C)c(S(=O)(=O)N3CCCCC3)c2)c1. The van der Waals surface area contributed by atoms with Crippen molar-refractivity contribution < 1.29 is 18.0 Å². The quantitative estimate of drug-likeness (QED) is 0.768. The Kier molecular flexibility index (Phi) is 5.48. The lowest BCUT2D eigenvalue weighted by molar-refractivity contribution is 0.101. The fourth-order valence-electron chi connectivity index (χ4n) is 3.13. The third-order valence-corrected chi connectivity index (χ3v) is 6.75. The Labute approximate surface area is 158 Å². The number of rotatable bonds is 5. The number of ketones is 1. The molecule has 2 aromatic rings. The number of Topliss-reactive ketones (excluding diaryl/α,β-unsaturated/α-hetero) is 1. The first kappa shape index (κ1) is 19.3. The van der Waals surface area contributed by atoms with Crippen molar-refractivity contribution >= 4 is 27.4 Å². The molecule has 1 aromatic heterocycles. The summed E-state index contributed by atoms with van der Waals surface area (Å²) in [5.74, 6) is -0.580. The number of nitrogens with one attached hydrogen (secondary N) is 2. The fraction of sp³-hybridized carbons (Fsp3) is 0.368. The van der Waals surface area contributed by atoms with Crippen LogP contribution in [0, 0.1) is 6.92 Å². The number of carbonyl (C=O) groups excluding carboxylic acids is 2. The molecule has 0 aliphatic carbocycles. The van der Waals surface area contributed by atoms with E-state index in [1.165, 1.54) is 29.6 Å². The van der Waals surface area contributed by atoms with Crippen LogP contribution in [0.3, 0.4) is 0 Å². The minimum Gasteiger partial charge on any atom is -0.356 e. The van der Waals surface area contributed by atoms with Gasteiger partial charge in [0.05, 0.1) is 4.90 Å². The molecule has 1 aliphatic heterocycles. The van der Waals surface area contributed by atoms with E-state index in [2.05, 4.69) is 10.3 Å². The largest absolute Gasteiger partial charge is 0.356 e. The monoisotopic (exact) mass is 389 g/mol. The Bertz CT molecular complexity index is 973. The second-order valence-corrected chi connectivity index (χ2v) is 8.66. The van der Waals surface area contributed by atoms with E-state index in [0.717, 1.165) is 19.3 Å². The zero-order chi connectivity index (χ0) is 19.6. The van der Waals surface area contributed by atoms with E-state index in [0.29, 0.717) is 29.9 Å². The summed E-state index contributed by atoms with van der Waals surface area (Å²) in [6.07, 6.45) is 4.23. The van der Waals surface area contributed by atoms with Crippen LogP contribution in [0.4, 0.5) is 5.69 Å². The third-order valence-electron chi connectivity index (χ3n) is 4.71. The van der Waals surface area contributed by atoms with Crippen LogP contribution in [-0.2, 0) is 10.0 Å². The van der Waals surface area contributed by atoms with Crippen molar-refractivity contribution in [2.45, 2.75) is 38.0 Å². The number of carbonyl (C=O) groups is 2. The minimum atomic E-state index is -3.59. The number of sulfonamides is 1. The molecule has 144 valence electrons. The first-order valence-electron chi connectivity index (χ1n) is 8.90. The van der Waals surface area contributed by atoms with Crippen LogP contribution in [0.5, 0.6) is 0 Å². The second-order valence-electron chi connectivity index (χ2n) is 6.76. The molecule has 2 N–H and O–H groups in total. The molecule has 1 saturated heterocycles. The molecule has 0 spiro atoms. The van der Waals surface area contributed by atoms with Crippen molar-refractivity contribution in [2.75, 3.05) is 18.4 Å². The van der Waals surface area contributed by atoms with Gasteiger partial charge in [-0.2, -0.15) is 4.31 Å². The first-order chi connectivity index (χ1) is 12.8. The summed E-state index contributed by atoms with van der Waals surface area (Å²) in [5, 5.41) is 2.69. The summed E-state index contributed by atoms with van der Waals surface area (Å²) in [6.45, 7) is 4.21. The number of H-pyrrole nitrogens is 1. The van der Waals surface area contributed by atoms with E-state index < -0.39 is 15.9 Å². The summed E-state index contributed by atoms with van der Waals surface area (Å²) in [5.41, 5.74) is 1.68. The van der Waals surface area contributed by atoms with E-state index in [1.54, 1.807) is 19.1 Å². The van der Waals surface area contributed by atoms with Crippen molar-refractivity contribution in [3.63, 3.8) is 0 Å². The lowest BCUT2D eigenvalue weighted by Gasteiger charge is -2.26. The van der Waals surface area contributed by atoms with Crippen molar-refractivity contribution in [3.8, 4) is 0 Å². The average molecular weight is 389 g/mol. The lowest BCUT2D eigenvalue weighted by Crippen LogP contribution is -2.36. The molecule has 1 fully saturated rings. The molecule has 0 radical (unpaired) electrons. The Morgan fingerprint density at radius 1 is 1.11 bits per heavy atom. The number of nitrogens with zero attached hydrogens (tertiary/aromatic N) is 1. The number of piperidine rings is 1. The van der Waals surface area contributed by atoms with Crippen LogP contribution in [0.15, 0.2) is 35.4 Å². The van der Waals surface area contributed by atoms with E-state index in [1.807, 2.05) is 0 Å². The highest BCUT2D eigenvalue weighted by atomic mass is 32.2. The van der Waals surface area contributed by atoms with Gasteiger partial charge in [-0.25, -0.2) is 8.42 Å². The molecule has 7 nitrogen and oxygen atoms in total. The van der Waals surface area contributed by atoms with Crippen molar-refractivity contribution in [2.24, 2.45) is 0 Å². The van der Waals surface area contributed by atoms with Gasteiger partial charge in [0.1, 0.15) is 5.69 Å². The highest BCUT2D eigenvalue weighted by Crippen LogP contribution is 2.26. The first-order valence-corrected chi connectivity index (χ1v) is 10.3. The lowest BCUT2D eigenvalue weighted by atomic mass is 10.2. The van der Waals surface area contributed by atoms with E-state index in [9.17, 15) is 18.0 Å². The maximum absolute atomic E-state index is 13.0. The molecule has 0 atom stereocenters. The summed E-state index contributed by atoms with van der Waals surface area (Å²) < 4.78 is 27.4. The number of aromatic amines is 1. The van der Waals surface area contributed by atoms with Gasteiger partial charge in [0.2, 0.25) is 10.0 Å². The van der Waals surface area contributed by atoms with Crippen LogP contribution in [0.1, 0.15) is 52.6 Å². The van der Waals surface area contributed by atoms with Gasteiger partial charge in [0, 0.05) is 30.5 Å². The molecule has 3 rings (SSSR count). The average Bonchev–Trinajstić information content (AvgIpc) is 3.14. The third kappa shape index (κ3) is 4.12. The molecule has 27 heavy (non-hydrogen) atoms.